The highest BCUT2D eigenvalue weighted by atomic mass is 32.2. The number of nitrogens with zero attached hydrogens (tertiary/aromatic N) is 4. The number of aryl methyl sites for hydroxylation is 1. The van der Waals surface area contributed by atoms with E-state index in [1.807, 2.05) is 68.4 Å². The van der Waals surface area contributed by atoms with E-state index in [9.17, 15) is 9.59 Å². The fourth-order valence-electron chi connectivity index (χ4n) is 3.37. The van der Waals surface area contributed by atoms with Crippen molar-refractivity contribution in [1.82, 2.24) is 30.5 Å². The Hall–Kier alpha value is -3.92. The Morgan fingerprint density at radius 1 is 1.09 bits per heavy atom. The number of nitrogens with one attached hydrogen (secondary N) is 2. The van der Waals surface area contributed by atoms with Gasteiger partial charge < -0.3 is 11.2 Å². The Balaban J connectivity index is 1.60. The van der Waals surface area contributed by atoms with Gasteiger partial charge in [-0.15, -0.1) is 10.2 Å². The summed E-state index contributed by atoms with van der Waals surface area (Å²) in [6.07, 6.45) is 0.782. The molecule has 0 saturated carbocycles. The van der Waals surface area contributed by atoms with E-state index in [-0.39, 0.29) is 5.75 Å². The van der Waals surface area contributed by atoms with Gasteiger partial charge in [0.2, 0.25) is 11.1 Å². The molecule has 10 heteroatoms. The summed E-state index contributed by atoms with van der Waals surface area (Å²) in [7, 11) is 0. The van der Waals surface area contributed by atoms with Gasteiger partial charge in [0.05, 0.1) is 17.0 Å². The number of nitrogens with two attached hydrogens (primary N) is 1. The highest BCUT2D eigenvalue weighted by molar-refractivity contribution is 7.99. The number of rotatable bonds is 7. The molecule has 2 heterocycles. The fourth-order valence-corrected chi connectivity index (χ4v) is 4.02. The molecule has 0 radical (unpaired) electrons. The average molecular weight is 476 g/mol. The number of nitrogen functional groups attached to an aromatic ring is 1. The largest absolute Gasteiger partial charge is 0.338 e. The number of urea groups is 1. The predicted molar refractivity (Wildman–Crippen MR) is 134 cm³/mol. The number of imide groups is 1. The molecule has 4 N–H and O–H groups in total. The van der Waals surface area contributed by atoms with Gasteiger partial charge in [-0.25, -0.2) is 14.5 Å². The van der Waals surface area contributed by atoms with Crippen LogP contribution in [-0.2, 0) is 4.79 Å². The molecule has 0 saturated heterocycles. The minimum Gasteiger partial charge on any atom is -0.338 e. The maximum atomic E-state index is 12.1. The maximum Gasteiger partial charge on any atom is 0.321 e. The van der Waals surface area contributed by atoms with E-state index >= 15 is 0 Å². The number of pyridine rings is 1. The second-order valence-corrected chi connectivity index (χ2v) is 8.65. The summed E-state index contributed by atoms with van der Waals surface area (Å²) in [5.41, 5.74) is 4.54. The lowest BCUT2D eigenvalue weighted by Gasteiger charge is -2.10. The van der Waals surface area contributed by atoms with Crippen LogP contribution in [0.1, 0.15) is 18.9 Å². The molecule has 0 aliphatic rings. The van der Waals surface area contributed by atoms with Crippen molar-refractivity contribution in [2.45, 2.75) is 25.4 Å². The summed E-state index contributed by atoms with van der Waals surface area (Å²) in [5, 5.41) is 14.6. The van der Waals surface area contributed by atoms with Crippen molar-refractivity contribution in [3.63, 3.8) is 0 Å². The number of thioether (sulfide) groups is 1. The molecule has 0 spiro atoms. The molecule has 34 heavy (non-hydrogen) atoms. The van der Waals surface area contributed by atoms with E-state index in [0.717, 1.165) is 45.9 Å². The van der Waals surface area contributed by atoms with E-state index in [2.05, 4.69) is 20.8 Å². The normalized spacial score (nSPS) is 10.9. The van der Waals surface area contributed by atoms with Crippen LogP contribution in [0, 0.1) is 6.92 Å². The van der Waals surface area contributed by atoms with E-state index in [0.29, 0.717) is 17.5 Å². The van der Waals surface area contributed by atoms with Gasteiger partial charge in [-0.2, -0.15) is 0 Å². The summed E-state index contributed by atoms with van der Waals surface area (Å²) >= 11 is 1.10. The molecule has 174 valence electrons. The molecule has 2 aromatic heterocycles. The Bertz CT molecular complexity index is 1340. The number of carbonyl (C=O) groups is 2. The van der Waals surface area contributed by atoms with Gasteiger partial charge in [-0.1, -0.05) is 66.7 Å². The van der Waals surface area contributed by atoms with Crippen LogP contribution in [0.25, 0.3) is 33.5 Å². The van der Waals surface area contributed by atoms with Crippen molar-refractivity contribution >= 4 is 34.6 Å². The lowest BCUT2D eigenvalue weighted by atomic mass is 10.0. The first-order valence-corrected chi connectivity index (χ1v) is 11.8. The predicted octanol–water partition coefficient (Wildman–Crippen LogP) is 3.51. The van der Waals surface area contributed by atoms with Gasteiger partial charge in [-0.05, 0) is 25.5 Å². The number of para-hydroxylation sites is 1. The molecule has 0 aliphatic carbocycles. The fraction of sp³-hybridized carbons (Fsp3) is 0.208. The van der Waals surface area contributed by atoms with Crippen LogP contribution in [0.2, 0.25) is 0 Å². The van der Waals surface area contributed by atoms with Crippen LogP contribution >= 0.6 is 11.8 Å². The first-order valence-electron chi connectivity index (χ1n) is 10.8. The third-order valence-electron chi connectivity index (χ3n) is 5.09. The Labute approximate surface area is 201 Å². The highest BCUT2D eigenvalue weighted by Crippen LogP contribution is 2.32. The first kappa shape index (κ1) is 23.2. The molecule has 3 amide bonds. The number of hydrogen-bond acceptors (Lipinski definition) is 7. The Morgan fingerprint density at radius 3 is 2.62 bits per heavy atom. The maximum absolute atomic E-state index is 12.1. The van der Waals surface area contributed by atoms with Gasteiger partial charge >= 0.3 is 6.03 Å². The Kier molecular flexibility index (Phi) is 7.07. The number of fused-ring (bicyclic) bond motifs is 1. The van der Waals surface area contributed by atoms with Gasteiger partial charge in [0.15, 0.2) is 5.82 Å². The van der Waals surface area contributed by atoms with Crippen LogP contribution in [0.3, 0.4) is 0 Å². The van der Waals surface area contributed by atoms with Crippen molar-refractivity contribution in [2.24, 2.45) is 0 Å². The zero-order chi connectivity index (χ0) is 24.1. The van der Waals surface area contributed by atoms with Crippen molar-refractivity contribution < 1.29 is 9.59 Å². The second kappa shape index (κ2) is 10.3. The average Bonchev–Trinajstić information content (AvgIpc) is 3.21. The monoisotopic (exact) mass is 475 g/mol. The van der Waals surface area contributed by atoms with E-state index in [1.165, 1.54) is 10.2 Å². The van der Waals surface area contributed by atoms with Gasteiger partial charge in [0.1, 0.15) is 0 Å². The summed E-state index contributed by atoms with van der Waals surface area (Å²) < 4.78 is 1.36. The number of amides is 3. The molecule has 0 fully saturated rings. The van der Waals surface area contributed by atoms with Crippen LogP contribution < -0.4 is 16.5 Å². The van der Waals surface area contributed by atoms with Crippen molar-refractivity contribution in [3.8, 4) is 22.6 Å². The zero-order valence-electron chi connectivity index (χ0n) is 18.9. The standard InChI is InChI=1S/C24H25N7O2S/c1-3-12-26-23(33)28-21(32)14-34-24-30-29-22(31(24)25)18-13-20(16-10-8-15(2)9-11-16)27-19-7-5-4-6-17(18)19/h4-11,13H,3,12,14,25H2,1-2H3,(H2,26,28,32,33). The van der Waals surface area contributed by atoms with Crippen molar-refractivity contribution in [1.29, 1.82) is 0 Å². The Morgan fingerprint density at radius 2 is 1.85 bits per heavy atom. The summed E-state index contributed by atoms with van der Waals surface area (Å²) in [6.45, 7) is 4.47. The smallest absolute Gasteiger partial charge is 0.321 e. The summed E-state index contributed by atoms with van der Waals surface area (Å²) in [4.78, 5) is 28.5. The second-order valence-electron chi connectivity index (χ2n) is 7.71. The lowest BCUT2D eigenvalue weighted by molar-refractivity contribution is -0.117. The minimum atomic E-state index is -0.519. The molecular formula is C24H25N7O2S. The van der Waals surface area contributed by atoms with Gasteiger partial charge in [0.25, 0.3) is 0 Å². The number of carbonyl (C=O) groups excluding carboxylic acids is 2. The number of benzene rings is 2. The van der Waals surface area contributed by atoms with Crippen molar-refractivity contribution in [2.75, 3.05) is 18.1 Å². The van der Waals surface area contributed by atoms with Crippen molar-refractivity contribution in [3.05, 3.63) is 60.2 Å². The molecule has 0 atom stereocenters. The molecule has 9 nitrogen and oxygen atoms in total. The van der Waals surface area contributed by atoms with Crippen LogP contribution in [0.4, 0.5) is 4.79 Å². The van der Waals surface area contributed by atoms with Gasteiger partial charge in [0, 0.05) is 23.1 Å². The number of aromatic nitrogens is 4. The number of hydrogen-bond donors (Lipinski definition) is 3. The summed E-state index contributed by atoms with van der Waals surface area (Å²) in [6, 6.07) is 17.3. The van der Waals surface area contributed by atoms with Gasteiger partial charge in [-0.3, -0.25) is 10.1 Å². The zero-order valence-corrected chi connectivity index (χ0v) is 19.7. The van der Waals surface area contributed by atoms with Crippen LogP contribution in [-0.4, -0.2) is 44.1 Å². The molecule has 0 aliphatic heterocycles. The highest BCUT2D eigenvalue weighted by Gasteiger charge is 2.18. The molecule has 0 unspecified atom stereocenters. The SMILES string of the molecule is CCCNC(=O)NC(=O)CSc1nnc(-c2cc(-c3ccc(C)cc3)nc3ccccc23)n1N. The third kappa shape index (κ3) is 5.18. The van der Waals surface area contributed by atoms with E-state index in [1.54, 1.807) is 0 Å². The topological polar surface area (TPSA) is 128 Å². The third-order valence-corrected chi connectivity index (χ3v) is 6.03. The molecule has 4 rings (SSSR count). The molecule has 4 aromatic rings. The minimum absolute atomic E-state index is 0.0272. The molecule has 2 aromatic carbocycles. The van der Waals surface area contributed by atoms with E-state index < -0.39 is 11.9 Å². The quantitative estimate of drug-likeness (QED) is 0.276. The lowest BCUT2D eigenvalue weighted by Crippen LogP contribution is -2.40. The molecule has 0 bridgehead atoms. The van der Waals surface area contributed by atoms with Crippen LogP contribution in [0.5, 0.6) is 0 Å². The first-order chi connectivity index (χ1) is 16.5. The molecular weight excluding hydrogens is 450 g/mol. The van der Waals surface area contributed by atoms with Crippen LogP contribution in [0.15, 0.2) is 59.8 Å². The summed E-state index contributed by atoms with van der Waals surface area (Å²) in [5.74, 6) is 6.31. The van der Waals surface area contributed by atoms with E-state index in [4.69, 9.17) is 10.8 Å².